The zero-order valence-corrected chi connectivity index (χ0v) is 19.0. The van der Waals surface area contributed by atoms with Crippen LogP contribution in [-0.4, -0.2) is 57.8 Å². The van der Waals surface area contributed by atoms with E-state index in [0.29, 0.717) is 34.8 Å². The number of pyridine rings is 1. The number of fused-ring (bicyclic) bond motifs is 5. The van der Waals surface area contributed by atoms with Crippen LogP contribution in [-0.2, 0) is 11.2 Å². The Labute approximate surface area is 188 Å². The molecule has 2 aliphatic heterocycles. The van der Waals surface area contributed by atoms with Crippen LogP contribution in [0, 0.1) is 23.2 Å². The lowest BCUT2D eigenvalue weighted by atomic mass is 9.45. The molecule has 0 unspecified atom stereocenters. The third kappa shape index (κ3) is 3.16. The van der Waals surface area contributed by atoms with E-state index in [9.17, 15) is 9.59 Å². The van der Waals surface area contributed by atoms with Crippen molar-refractivity contribution in [3.8, 4) is 0 Å². The van der Waals surface area contributed by atoms with Gasteiger partial charge < -0.3 is 15.5 Å². The highest BCUT2D eigenvalue weighted by Crippen LogP contribution is 2.61. The largest absolute Gasteiger partial charge is 0.350 e. The Hall–Kier alpha value is -2.41. The molecule has 3 saturated carbocycles. The second kappa shape index (κ2) is 7.30. The summed E-state index contributed by atoms with van der Waals surface area (Å²) in [6.45, 7) is 7.20. The Morgan fingerprint density at radius 2 is 2.12 bits per heavy atom. The van der Waals surface area contributed by atoms with Crippen molar-refractivity contribution < 1.29 is 9.59 Å². The average molecular weight is 436 g/mol. The summed E-state index contributed by atoms with van der Waals surface area (Å²) in [7, 11) is 0. The van der Waals surface area contributed by atoms with Gasteiger partial charge in [0.15, 0.2) is 0 Å². The molecule has 7 rings (SSSR count). The van der Waals surface area contributed by atoms with Gasteiger partial charge in [-0.1, -0.05) is 19.9 Å². The van der Waals surface area contributed by atoms with Gasteiger partial charge in [-0.15, -0.1) is 0 Å². The van der Waals surface area contributed by atoms with Gasteiger partial charge in [-0.05, 0) is 61.0 Å². The van der Waals surface area contributed by atoms with Crippen LogP contribution in [0.4, 0.5) is 0 Å². The molecule has 2 amide bonds. The van der Waals surface area contributed by atoms with Gasteiger partial charge in [0.2, 0.25) is 5.91 Å². The fraction of sp³-hybridized carbons (Fsp3) is 0.640. The minimum Gasteiger partial charge on any atom is -0.350 e. The first-order valence-corrected chi connectivity index (χ1v) is 12.2. The third-order valence-corrected chi connectivity index (χ3v) is 9.01. The van der Waals surface area contributed by atoms with Crippen LogP contribution in [0.1, 0.15) is 55.7 Å². The minimum absolute atomic E-state index is 0.0620. The van der Waals surface area contributed by atoms with Gasteiger partial charge in [0.05, 0.1) is 12.1 Å². The Morgan fingerprint density at radius 1 is 1.25 bits per heavy atom. The highest BCUT2D eigenvalue weighted by atomic mass is 16.2. The molecule has 4 bridgehead atoms. The quantitative estimate of drug-likeness (QED) is 0.755. The summed E-state index contributed by atoms with van der Waals surface area (Å²) in [4.78, 5) is 32.5. The number of hydrogen-bond acceptors (Lipinski definition) is 4. The maximum atomic E-state index is 13.1. The van der Waals surface area contributed by atoms with Crippen molar-refractivity contribution in [1.82, 2.24) is 24.9 Å². The first kappa shape index (κ1) is 20.2. The van der Waals surface area contributed by atoms with Gasteiger partial charge in [0.25, 0.3) is 5.91 Å². The van der Waals surface area contributed by atoms with Crippen LogP contribution < -0.4 is 10.6 Å². The summed E-state index contributed by atoms with van der Waals surface area (Å²) in [5.74, 6) is 2.23. The maximum absolute atomic E-state index is 13.1. The van der Waals surface area contributed by atoms with Crippen LogP contribution in [0.2, 0.25) is 0 Å². The Morgan fingerprint density at radius 3 is 2.84 bits per heavy atom. The topological polar surface area (TPSA) is 78.7 Å². The molecule has 170 valence electrons. The monoisotopic (exact) mass is 435 g/mol. The van der Waals surface area contributed by atoms with E-state index in [1.54, 1.807) is 0 Å². The summed E-state index contributed by atoms with van der Waals surface area (Å²) >= 11 is 0. The molecule has 3 aliphatic carbocycles. The summed E-state index contributed by atoms with van der Waals surface area (Å²) in [6.07, 6.45) is 7.01. The van der Waals surface area contributed by atoms with Gasteiger partial charge in [0, 0.05) is 37.9 Å². The summed E-state index contributed by atoms with van der Waals surface area (Å²) in [5, 5.41) is 6.63. The highest BCUT2D eigenvalue weighted by Gasteiger charge is 2.54. The first-order valence-electron chi connectivity index (χ1n) is 12.2. The second-order valence-corrected chi connectivity index (χ2v) is 11.0. The molecule has 5 atom stereocenters. The number of likely N-dealkylation sites (tertiary alicyclic amines) is 1. The van der Waals surface area contributed by atoms with Crippen LogP contribution in [0.15, 0.2) is 24.4 Å². The molecule has 2 N–H and O–H groups in total. The number of hydrogen-bond donors (Lipinski definition) is 2. The van der Waals surface area contributed by atoms with E-state index in [0.717, 1.165) is 43.6 Å². The molecule has 0 radical (unpaired) electrons. The highest BCUT2D eigenvalue weighted by molar-refractivity contribution is 5.93. The average Bonchev–Trinajstić information content (AvgIpc) is 3.52. The normalized spacial score (nSPS) is 32.2. The van der Waals surface area contributed by atoms with Crippen molar-refractivity contribution >= 4 is 17.5 Å². The molecular weight excluding hydrogens is 402 g/mol. The number of imidazole rings is 1. The van der Waals surface area contributed by atoms with Crippen LogP contribution >= 0.6 is 0 Å². The zero-order valence-electron chi connectivity index (χ0n) is 19.0. The van der Waals surface area contributed by atoms with Gasteiger partial charge in [-0.2, -0.15) is 0 Å². The van der Waals surface area contributed by atoms with Crippen molar-refractivity contribution in [3.05, 3.63) is 35.8 Å². The van der Waals surface area contributed by atoms with Crippen molar-refractivity contribution in [3.63, 3.8) is 0 Å². The molecule has 7 heteroatoms. The lowest BCUT2D eigenvalue weighted by Crippen LogP contribution is -2.54. The van der Waals surface area contributed by atoms with Crippen molar-refractivity contribution in [1.29, 1.82) is 0 Å². The number of carbonyl (C=O) groups excluding carboxylic acids is 2. The summed E-state index contributed by atoms with van der Waals surface area (Å²) in [6, 6.07) is 6.37. The Bertz CT molecular complexity index is 1070. The fourth-order valence-electron chi connectivity index (χ4n) is 6.98. The number of nitrogens with one attached hydrogen (secondary N) is 2. The molecule has 32 heavy (non-hydrogen) atoms. The smallest absolute Gasteiger partial charge is 0.268 e. The Balaban J connectivity index is 1.14. The van der Waals surface area contributed by atoms with E-state index < -0.39 is 0 Å². The number of aromatic nitrogens is 2. The Kier molecular flexibility index (Phi) is 4.61. The van der Waals surface area contributed by atoms with E-state index >= 15 is 0 Å². The van der Waals surface area contributed by atoms with E-state index in [4.69, 9.17) is 0 Å². The van der Waals surface area contributed by atoms with Gasteiger partial charge >= 0.3 is 0 Å². The van der Waals surface area contributed by atoms with Crippen LogP contribution in [0.25, 0.3) is 5.65 Å². The van der Waals surface area contributed by atoms with E-state index in [2.05, 4.69) is 29.5 Å². The number of nitrogens with zero attached hydrogens (tertiary/aromatic N) is 3. The predicted octanol–water partition coefficient (Wildman–Crippen LogP) is 2.25. The van der Waals surface area contributed by atoms with Gasteiger partial charge in [0.1, 0.15) is 11.3 Å². The van der Waals surface area contributed by atoms with Crippen LogP contribution in [0.3, 0.4) is 0 Å². The molecule has 5 aliphatic rings. The molecule has 5 fully saturated rings. The first-order chi connectivity index (χ1) is 15.4. The molecule has 2 aromatic heterocycles. The van der Waals surface area contributed by atoms with E-state index in [-0.39, 0.29) is 18.2 Å². The maximum Gasteiger partial charge on any atom is 0.268 e. The van der Waals surface area contributed by atoms with Crippen molar-refractivity contribution in [2.75, 3.05) is 19.6 Å². The van der Waals surface area contributed by atoms with Crippen molar-refractivity contribution in [2.45, 2.75) is 58.0 Å². The van der Waals surface area contributed by atoms with Crippen LogP contribution in [0.5, 0.6) is 0 Å². The lowest BCUT2D eigenvalue weighted by molar-refractivity contribution is -0.131. The van der Waals surface area contributed by atoms with Gasteiger partial charge in [-0.25, -0.2) is 4.98 Å². The molecule has 0 spiro atoms. The number of rotatable bonds is 5. The summed E-state index contributed by atoms with van der Waals surface area (Å²) < 4.78 is 1.83. The molecule has 7 nitrogen and oxygen atoms in total. The standard InChI is InChI=1S/C25H33N5O2/c1-25(2)16-7-6-15(20(25)8-16)11-27-24(32)21-4-3-5-22-28-18(14-30(21)22)10-23(31)29-13-17-9-19(29)12-26-17/h3-5,14-17,19-20,26H,6-13H2,1-2H3,(H,27,32)/t15-,16+,17-,19+,20+/m0/s1. The molecule has 0 aromatic carbocycles. The zero-order chi connectivity index (χ0) is 22.0. The van der Waals surface area contributed by atoms with Gasteiger partial charge in [-0.3, -0.25) is 14.0 Å². The second-order valence-electron chi connectivity index (χ2n) is 11.0. The molecular formula is C25H33N5O2. The third-order valence-electron chi connectivity index (χ3n) is 9.01. The molecule has 4 heterocycles. The number of piperazine rings is 1. The number of amides is 2. The van der Waals surface area contributed by atoms with Crippen molar-refractivity contribution in [2.24, 2.45) is 23.2 Å². The minimum atomic E-state index is -0.0620. The lowest BCUT2D eigenvalue weighted by Gasteiger charge is -2.60. The SMILES string of the molecule is CC1(C)[C@@H]2CC[C@@H](CNC(=O)c3cccc4nc(CC(=O)N5C[C@@H]6C[C@@H]5CN6)cn34)[C@H]1C2. The molecule has 2 saturated heterocycles. The summed E-state index contributed by atoms with van der Waals surface area (Å²) in [5.41, 5.74) is 2.44. The van der Waals surface area contributed by atoms with E-state index in [1.807, 2.05) is 33.7 Å². The fourth-order valence-corrected chi connectivity index (χ4v) is 6.98. The number of carbonyl (C=O) groups is 2. The van der Waals surface area contributed by atoms with E-state index in [1.165, 1.54) is 19.3 Å². The molecule has 2 aromatic rings. The predicted molar refractivity (Wildman–Crippen MR) is 121 cm³/mol.